The van der Waals surface area contributed by atoms with E-state index in [9.17, 15) is 8.78 Å². The molecule has 0 aromatic heterocycles. The van der Waals surface area contributed by atoms with E-state index in [0.29, 0.717) is 23.1 Å². The van der Waals surface area contributed by atoms with Crippen LogP contribution in [0.4, 0.5) is 13.2 Å². The van der Waals surface area contributed by atoms with Crippen molar-refractivity contribution in [1.29, 1.82) is 0 Å². The third-order valence-corrected chi connectivity index (χ3v) is 9.97. The van der Waals surface area contributed by atoms with Crippen molar-refractivity contribution in [2.75, 3.05) is 0 Å². The highest BCUT2D eigenvalue weighted by Gasteiger charge is 2.28. The highest BCUT2D eigenvalue weighted by atomic mass is 19.2. The van der Waals surface area contributed by atoms with Gasteiger partial charge in [-0.1, -0.05) is 119 Å². The molecule has 228 valence electrons. The van der Waals surface area contributed by atoms with Crippen LogP contribution >= 0.6 is 0 Å². The number of hydrogen-bond donors (Lipinski definition) is 0. The molecule has 0 nitrogen and oxygen atoms in total. The Kier molecular flexibility index (Phi) is 11.0. The van der Waals surface area contributed by atoms with Gasteiger partial charge in [0.15, 0.2) is 11.6 Å². The molecule has 0 heterocycles. The van der Waals surface area contributed by atoms with Crippen LogP contribution in [0.15, 0.2) is 72.8 Å². The molecule has 1 fully saturated rings. The standard InChI is InChI=1S/C40H47F3/c1-3-5-7-9-28-11-13-29(14-12-28)30-15-17-31(18-16-30)35-24-25-36(38(41)27-35)32-19-21-33(22-20-32)37-26-23-34(10-8-6-4-2)39(42)40(37)43/h6,8,17,19-30H,3-5,7,9-16,18H2,1-2H3. The number of rotatable bonds is 11. The Morgan fingerprint density at radius 2 is 1.40 bits per heavy atom. The molecule has 0 aliphatic heterocycles. The predicted molar refractivity (Wildman–Crippen MR) is 175 cm³/mol. The first-order chi connectivity index (χ1) is 21.0. The third-order valence-electron chi connectivity index (χ3n) is 9.97. The van der Waals surface area contributed by atoms with Crippen LogP contribution < -0.4 is 0 Å². The van der Waals surface area contributed by atoms with Gasteiger partial charge in [-0.3, -0.25) is 0 Å². The Morgan fingerprint density at radius 1 is 0.698 bits per heavy atom. The van der Waals surface area contributed by atoms with Crippen molar-refractivity contribution < 1.29 is 13.2 Å². The van der Waals surface area contributed by atoms with Crippen molar-refractivity contribution >= 4 is 5.57 Å². The van der Waals surface area contributed by atoms with Gasteiger partial charge in [0.25, 0.3) is 0 Å². The van der Waals surface area contributed by atoms with Gasteiger partial charge in [-0.2, -0.15) is 0 Å². The minimum absolute atomic E-state index is 0.214. The highest BCUT2D eigenvalue weighted by Crippen LogP contribution is 2.42. The van der Waals surface area contributed by atoms with Crippen molar-refractivity contribution in [2.24, 2.45) is 17.8 Å². The van der Waals surface area contributed by atoms with Gasteiger partial charge in [-0.05, 0) is 96.6 Å². The molecule has 1 atom stereocenters. The minimum Gasteiger partial charge on any atom is -0.206 e. The van der Waals surface area contributed by atoms with E-state index in [1.54, 1.807) is 42.5 Å². The van der Waals surface area contributed by atoms with E-state index < -0.39 is 11.6 Å². The Labute approximate surface area is 257 Å². The SMILES string of the molecule is CCC=CCc1ccc(-c2ccc(-c3ccc(C4=CCC(C5CCC(CCCCC)CC5)CC4)cc3F)cc2)c(F)c1F. The number of hydrogen-bond acceptors (Lipinski definition) is 0. The zero-order chi connectivity index (χ0) is 30.2. The van der Waals surface area contributed by atoms with Gasteiger partial charge < -0.3 is 0 Å². The Hall–Kier alpha value is -3.07. The van der Waals surface area contributed by atoms with Crippen molar-refractivity contribution in [3.63, 3.8) is 0 Å². The highest BCUT2D eigenvalue weighted by molar-refractivity contribution is 5.74. The molecule has 43 heavy (non-hydrogen) atoms. The molecular weight excluding hydrogens is 537 g/mol. The zero-order valence-electron chi connectivity index (χ0n) is 26.0. The van der Waals surface area contributed by atoms with Gasteiger partial charge >= 0.3 is 0 Å². The summed E-state index contributed by atoms with van der Waals surface area (Å²) in [7, 11) is 0. The lowest BCUT2D eigenvalue weighted by molar-refractivity contribution is 0.187. The summed E-state index contributed by atoms with van der Waals surface area (Å²) in [5.74, 6) is 0.671. The molecule has 3 heteroatoms. The summed E-state index contributed by atoms with van der Waals surface area (Å²) in [6.45, 7) is 4.29. The number of halogens is 3. The summed E-state index contributed by atoms with van der Waals surface area (Å²) < 4.78 is 45.0. The molecule has 5 rings (SSSR count). The smallest absolute Gasteiger partial charge is 0.166 e. The first-order valence-corrected chi connectivity index (χ1v) is 16.7. The average Bonchev–Trinajstić information content (AvgIpc) is 3.04. The monoisotopic (exact) mass is 584 g/mol. The number of allylic oxidation sites excluding steroid dienone is 4. The largest absolute Gasteiger partial charge is 0.206 e. The first kappa shape index (κ1) is 31.4. The van der Waals surface area contributed by atoms with E-state index in [2.05, 4.69) is 13.0 Å². The maximum atomic E-state index is 15.4. The molecule has 1 saturated carbocycles. The van der Waals surface area contributed by atoms with Gasteiger partial charge in [0.2, 0.25) is 0 Å². The normalized spacial score (nSPS) is 20.9. The first-order valence-electron chi connectivity index (χ1n) is 16.7. The maximum absolute atomic E-state index is 15.4. The van der Waals surface area contributed by atoms with Crippen LogP contribution in [0, 0.1) is 35.2 Å². The predicted octanol–water partition coefficient (Wildman–Crippen LogP) is 12.5. The quantitative estimate of drug-likeness (QED) is 0.155. The van der Waals surface area contributed by atoms with E-state index in [-0.39, 0.29) is 11.4 Å². The molecule has 3 aromatic rings. The van der Waals surface area contributed by atoms with E-state index in [0.717, 1.165) is 48.1 Å². The summed E-state index contributed by atoms with van der Waals surface area (Å²) in [5.41, 5.74) is 4.60. The molecule has 1 unspecified atom stereocenters. The topological polar surface area (TPSA) is 0 Å². The molecule has 0 N–H and O–H groups in total. The second-order valence-corrected chi connectivity index (χ2v) is 12.8. The van der Waals surface area contributed by atoms with E-state index in [1.165, 1.54) is 63.4 Å². The lowest BCUT2D eigenvalue weighted by atomic mass is 9.70. The summed E-state index contributed by atoms with van der Waals surface area (Å²) in [5, 5.41) is 0. The van der Waals surface area contributed by atoms with Crippen LogP contribution in [0.5, 0.6) is 0 Å². The molecule has 0 saturated heterocycles. The van der Waals surface area contributed by atoms with E-state index in [1.807, 2.05) is 31.2 Å². The van der Waals surface area contributed by atoms with Crippen molar-refractivity contribution in [3.05, 3.63) is 101 Å². The van der Waals surface area contributed by atoms with Crippen LogP contribution in [0.25, 0.3) is 27.8 Å². The maximum Gasteiger partial charge on any atom is 0.166 e. The summed E-state index contributed by atoms with van der Waals surface area (Å²) in [6, 6.07) is 15.8. The second kappa shape index (κ2) is 15.1. The second-order valence-electron chi connectivity index (χ2n) is 12.8. The molecule has 0 spiro atoms. The zero-order valence-corrected chi connectivity index (χ0v) is 26.0. The van der Waals surface area contributed by atoms with Crippen LogP contribution in [0.1, 0.15) is 102 Å². The van der Waals surface area contributed by atoms with Gasteiger partial charge in [0.05, 0.1) is 0 Å². The van der Waals surface area contributed by atoms with Crippen LogP contribution in [-0.4, -0.2) is 0 Å². The fraction of sp³-hybridized carbons (Fsp3) is 0.450. The van der Waals surface area contributed by atoms with Gasteiger partial charge in [-0.25, -0.2) is 13.2 Å². The number of unbranched alkanes of at least 4 members (excludes halogenated alkanes) is 2. The van der Waals surface area contributed by atoms with Crippen LogP contribution in [0.3, 0.4) is 0 Å². The molecule has 2 aliphatic carbocycles. The Morgan fingerprint density at radius 3 is 2.05 bits per heavy atom. The van der Waals surface area contributed by atoms with Gasteiger partial charge in [0, 0.05) is 11.1 Å². The molecule has 0 amide bonds. The van der Waals surface area contributed by atoms with Crippen molar-refractivity contribution in [2.45, 2.75) is 97.3 Å². The van der Waals surface area contributed by atoms with Crippen LogP contribution in [0.2, 0.25) is 0 Å². The average molecular weight is 585 g/mol. The van der Waals surface area contributed by atoms with Crippen molar-refractivity contribution in [3.8, 4) is 22.3 Å². The molecular formula is C40H47F3. The molecule has 0 bridgehead atoms. The molecule has 3 aromatic carbocycles. The molecule has 0 radical (unpaired) electrons. The summed E-state index contributed by atoms with van der Waals surface area (Å²) >= 11 is 0. The van der Waals surface area contributed by atoms with E-state index in [4.69, 9.17) is 0 Å². The van der Waals surface area contributed by atoms with Crippen LogP contribution in [-0.2, 0) is 6.42 Å². The number of benzene rings is 3. The Balaban J connectivity index is 1.20. The summed E-state index contributed by atoms with van der Waals surface area (Å²) in [6.07, 6.45) is 21.8. The minimum atomic E-state index is -0.844. The summed E-state index contributed by atoms with van der Waals surface area (Å²) in [4.78, 5) is 0. The lowest BCUT2D eigenvalue weighted by Crippen LogP contribution is -2.23. The Bertz CT molecular complexity index is 1410. The lowest BCUT2D eigenvalue weighted by Gasteiger charge is -2.35. The fourth-order valence-corrected chi connectivity index (χ4v) is 7.30. The van der Waals surface area contributed by atoms with E-state index >= 15 is 4.39 Å². The third kappa shape index (κ3) is 7.72. The fourth-order valence-electron chi connectivity index (χ4n) is 7.30. The van der Waals surface area contributed by atoms with Gasteiger partial charge in [-0.15, -0.1) is 0 Å². The molecule has 2 aliphatic rings. The van der Waals surface area contributed by atoms with Gasteiger partial charge in [0.1, 0.15) is 5.82 Å². The van der Waals surface area contributed by atoms with Crippen molar-refractivity contribution in [1.82, 2.24) is 0 Å².